The standard InChI is InChI=1S/C22H24N4O3/c1-4-17-7-5-6-8-20(17)26(22(28)18-10-9-15(2)23-13-18)14-19(27)11-12-21-25-24-16(3)29-21/h5-10,13H,4,11-12,14H2,1-3H3. The van der Waals surface area contributed by atoms with E-state index in [1.807, 2.05) is 38.1 Å². The van der Waals surface area contributed by atoms with Gasteiger partial charge >= 0.3 is 0 Å². The number of para-hydroxylation sites is 1. The lowest BCUT2D eigenvalue weighted by Gasteiger charge is -2.24. The van der Waals surface area contributed by atoms with Crippen molar-refractivity contribution in [3.8, 4) is 0 Å². The Morgan fingerprint density at radius 2 is 1.86 bits per heavy atom. The van der Waals surface area contributed by atoms with Gasteiger partial charge in [0.1, 0.15) is 0 Å². The van der Waals surface area contributed by atoms with Gasteiger partial charge in [0.05, 0.1) is 12.1 Å². The van der Waals surface area contributed by atoms with Gasteiger partial charge in [0, 0.05) is 37.3 Å². The van der Waals surface area contributed by atoms with Crippen LogP contribution in [0.2, 0.25) is 0 Å². The van der Waals surface area contributed by atoms with Crippen molar-refractivity contribution >= 4 is 17.4 Å². The number of carbonyl (C=O) groups is 2. The first-order chi connectivity index (χ1) is 14.0. The molecule has 3 aromatic rings. The zero-order valence-electron chi connectivity index (χ0n) is 16.9. The predicted octanol–water partition coefficient (Wildman–Crippen LogP) is 3.49. The molecule has 2 heterocycles. The minimum Gasteiger partial charge on any atom is -0.426 e. The van der Waals surface area contributed by atoms with Gasteiger partial charge in [-0.25, -0.2) is 0 Å². The largest absolute Gasteiger partial charge is 0.426 e. The molecule has 0 atom stereocenters. The van der Waals surface area contributed by atoms with Gasteiger partial charge < -0.3 is 9.32 Å². The summed E-state index contributed by atoms with van der Waals surface area (Å²) in [7, 11) is 0. The maximum absolute atomic E-state index is 13.2. The first-order valence-corrected chi connectivity index (χ1v) is 9.61. The van der Waals surface area contributed by atoms with Crippen molar-refractivity contribution in [3.05, 3.63) is 71.2 Å². The molecule has 3 rings (SSSR count). The summed E-state index contributed by atoms with van der Waals surface area (Å²) < 4.78 is 5.32. The number of amides is 1. The highest BCUT2D eigenvalue weighted by Gasteiger charge is 2.23. The summed E-state index contributed by atoms with van der Waals surface area (Å²) in [5.74, 6) is 0.555. The molecule has 0 aliphatic carbocycles. The summed E-state index contributed by atoms with van der Waals surface area (Å²) in [6.07, 6.45) is 2.86. The zero-order chi connectivity index (χ0) is 20.8. The first kappa shape index (κ1) is 20.4. The molecular weight excluding hydrogens is 368 g/mol. The molecule has 0 unspecified atom stereocenters. The lowest BCUT2D eigenvalue weighted by Crippen LogP contribution is -2.36. The smallest absolute Gasteiger partial charge is 0.260 e. The van der Waals surface area contributed by atoms with Crippen LogP contribution in [0.15, 0.2) is 47.0 Å². The van der Waals surface area contributed by atoms with Crippen LogP contribution >= 0.6 is 0 Å². The number of Topliss-reactive ketones (excluding diaryl/α,β-unsaturated/α-hetero) is 1. The van der Waals surface area contributed by atoms with E-state index >= 15 is 0 Å². The van der Waals surface area contributed by atoms with E-state index in [0.717, 1.165) is 23.4 Å². The summed E-state index contributed by atoms with van der Waals surface area (Å²) in [6, 6.07) is 11.2. The van der Waals surface area contributed by atoms with E-state index in [1.165, 1.54) is 4.90 Å². The van der Waals surface area contributed by atoms with Gasteiger partial charge in [0.25, 0.3) is 5.91 Å². The molecule has 0 saturated carbocycles. The number of aryl methyl sites for hydroxylation is 4. The minimum atomic E-state index is -0.250. The molecule has 29 heavy (non-hydrogen) atoms. The van der Waals surface area contributed by atoms with Crippen molar-refractivity contribution in [2.75, 3.05) is 11.4 Å². The van der Waals surface area contributed by atoms with E-state index < -0.39 is 0 Å². The van der Waals surface area contributed by atoms with E-state index in [2.05, 4.69) is 15.2 Å². The van der Waals surface area contributed by atoms with Gasteiger partial charge in [0.2, 0.25) is 11.8 Å². The lowest BCUT2D eigenvalue weighted by molar-refractivity contribution is -0.117. The second kappa shape index (κ2) is 9.23. The van der Waals surface area contributed by atoms with Crippen LogP contribution in [0.25, 0.3) is 0 Å². The zero-order valence-corrected chi connectivity index (χ0v) is 16.9. The van der Waals surface area contributed by atoms with Gasteiger partial charge in [-0.2, -0.15) is 0 Å². The highest BCUT2D eigenvalue weighted by molar-refractivity contribution is 6.09. The Bertz CT molecular complexity index is 995. The molecular formula is C22H24N4O3. The van der Waals surface area contributed by atoms with Crippen molar-refractivity contribution in [1.29, 1.82) is 0 Å². The summed E-state index contributed by atoms with van der Waals surface area (Å²) in [6.45, 7) is 5.56. The molecule has 0 fully saturated rings. The van der Waals surface area contributed by atoms with E-state index in [4.69, 9.17) is 4.42 Å². The van der Waals surface area contributed by atoms with Crippen LogP contribution in [-0.2, 0) is 17.6 Å². The average molecular weight is 392 g/mol. The number of benzene rings is 1. The number of rotatable bonds is 8. The molecule has 0 aliphatic rings. The summed E-state index contributed by atoms with van der Waals surface area (Å²) in [4.78, 5) is 31.7. The van der Waals surface area contributed by atoms with Gasteiger partial charge in [-0.3, -0.25) is 14.6 Å². The lowest BCUT2D eigenvalue weighted by atomic mass is 10.1. The molecule has 7 heteroatoms. The molecule has 0 N–H and O–H groups in total. The average Bonchev–Trinajstić information content (AvgIpc) is 3.15. The Morgan fingerprint density at radius 1 is 1.07 bits per heavy atom. The van der Waals surface area contributed by atoms with Crippen LogP contribution in [0.4, 0.5) is 5.69 Å². The summed E-state index contributed by atoms with van der Waals surface area (Å²) in [5, 5.41) is 7.69. The number of pyridine rings is 1. The fourth-order valence-electron chi connectivity index (χ4n) is 3.03. The van der Waals surface area contributed by atoms with Gasteiger partial charge in [-0.1, -0.05) is 25.1 Å². The van der Waals surface area contributed by atoms with Crippen molar-refractivity contribution < 1.29 is 14.0 Å². The number of anilines is 1. The van der Waals surface area contributed by atoms with Gasteiger partial charge in [-0.15, -0.1) is 10.2 Å². The van der Waals surface area contributed by atoms with Gasteiger partial charge in [-0.05, 0) is 37.1 Å². The number of ketones is 1. The Kier molecular flexibility index (Phi) is 6.49. The minimum absolute atomic E-state index is 0.0309. The summed E-state index contributed by atoms with van der Waals surface area (Å²) in [5.41, 5.74) is 3.01. The van der Waals surface area contributed by atoms with Crippen LogP contribution in [0, 0.1) is 13.8 Å². The second-order valence-corrected chi connectivity index (χ2v) is 6.82. The number of hydrogen-bond acceptors (Lipinski definition) is 6. The SMILES string of the molecule is CCc1ccccc1N(CC(=O)CCc1nnc(C)o1)C(=O)c1ccc(C)nc1. The maximum atomic E-state index is 13.2. The highest BCUT2D eigenvalue weighted by atomic mass is 16.4. The van der Waals surface area contributed by atoms with E-state index in [9.17, 15) is 9.59 Å². The van der Waals surface area contributed by atoms with E-state index in [0.29, 0.717) is 23.8 Å². The van der Waals surface area contributed by atoms with Crippen LogP contribution < -0.4 is 4.90 Å². The third-order valence-corrected chi connectivity index (χ3v) is 4.59. The second-order valence-electron chi connectivity index (χ2n) is 6.82. The molecule has 7 nitrogen and oxygen atoms in total. The fraction of sp³-hybridized carbons (Fsp3) is 0.318. The third-order valence-electron chi connectivity index (χ3n) is 4.59. The molecule has 0 spiro atoms. The van der Waals surface area contributed by atoms with Crippen LogP contribution in [0.5, 0.6) is 0 Å². The number of aromatic nitrogens is 3. The monoisotopic (exact) mass is 392 g/mol. The molecule has 1 amide bonds. The highest BCUT2D eigenvalue weighted by Crippen LogP contribution is 2.23. The van der Waals surface area contributed by atoms with E-state index in [1.54, 1.807) is 25.3 Å². The Morgan fingerprint density at radius 3 is 2.52 bits per heavy atom. The quantitative estimate of drug-likeness (QED) is 0.583. The van der Waals surface area contributed by atoms with Crippen LogP contribution in [0.1, 0.15) is 46.7 Å². The Balaban J connectivity index is 1.83. The molecule has 0 radical (unpaired) electrons. The fourth-order valence-corrected chi connectivity index (χ4v) is 3.03. The van der Waals surface area contributed by atoms with Crippen molar-refractivity contribution in [3.63, 3.8) is 0 Å². The normalized spacial score (nSPS) is 10.7. The topological polar surface area (TPSA) is 89.2 Å². The third kappa shape index (κ3) is 5.13. The number of nitrogens with zero attached hydrogens (tertiary/aromatic N) is 4. The summed E-state index contributed by atoms with van der Waals surface area (Å²) >= 11 is 0. The number of hydrogen-bond donors (Lipinski definition) is 0. The van der Waals surface area contributed by atoms with Crippen LogP contribution in [0.3, 0.4) is 0 Å². The van der Waals surface area contributed by atoms with E-state index in [-0.39, 0.29) is 24.7 Å². The Labute approximate surface area is 169 Å². The number of carbonyl (C=O) groups excluding carboxylic acids is 2. The molecule has 1 aromatic carbocycles. The molecule has 0 saturated heterocycles. The van der Waals surface area contributed by atoms with Crippen molar-refractivity contribution in [2.45, 2.75) is 40.0 Å². The molecule has 0 bridgehead atoms. The predicted molar refractivity (Wildman–Crippen MR) is 109 cm³/mol. The molecule has 2 aromatic heterocycles. The van der Waals surface area contributed by atoms with Crippen molar-refractivity contribution in [1.82, 2.24) is 15.2 Å². The van der Waals surface area contributed by atoms with Crippen molar-refractivity contribution in [2.24, 2.45) is 0 Å². The maximum Gasteiger partial charge on any atom is 0.260 e. The molecule has 0 aliphatic heterocycles. The van der Waals surface area contributed by atoms with Gasteiger partial charge in [0.15, 0.2) is 5.78 Å². The molecule has 150 valence electrons. The van der Waals surface area contributed by atoms with Crippen LogP contribution in [-0.4, -0.2) is 33.4 Å². The Hall–Kier alpha value is -3.35. The first-order valence-electron chi connectivity index (χ1n) is 9.61.